The zero-order valence-corrected chi connectivity index (χ0v) is 21.2. The van der Waals surface area contributed by atoms with E-state index in [0.717, 1.165) is 23.3 Å². The van der Waals surface area contributed by atoms with Gasteiger partial charge in [0.1, 0.15) is 5.82 Å². The van der Waals surface area contributed by atoms with Crippen molar-refractivity contribution in [2.45, 2.75) is 45.8 Å². The van der Waals surface area contributed by atoms with Gasteiger partial charge in [-0.25, -0.2) is 4.39 Å². The first-order valence-electron chi connectivity index (χ1n) is 11.7. The highest BCUT2D eigenvalue weighted by molar-refractivity contribution is 6.15. The van der Waals surface area contributed by atoms with Gasteiger partial charge in [0.25, 0.3) is 5.91 Å². The maximum atomic E-state index is 14.0. The first-order valence-corrected chi connectivity index (χ1v) is 11.7. The van der Waals surface area contributed by atoms with Gasteiger partial charge in [0.05, 0.1) is 17.9 Å². The molecule has 0 aliphatic heterocycles. The lowest BCUT2D eigenvalue weighted by Gasteiger charge is -2.19. The highest BCUT2D eigenvalue weighted by atomic mass is 19.4. The highest BCUT2D eigenvalue weighted by Gasteiger charge is 2.39. The quantitative estimate of drug-likeness (QED) is 0.304. The molecule has 0 aliphatic carbocycles. The van der Waals surface area contributed by atoms with Gasteiger partial charge in [0, 0.05) is 11.1 Å². The fraction of sp³-hybridized carbons (Fsp3) is 0.250. The lowest BCUT2D eigenvalue weighted by Crippen LogP contribution is -2.18. The van der Waals surface area contributed by atoms with E-state index in [1.165, 1.54) is 29.8 Å². The summed E-state index contributed by atoms with van der Waals surface area (Å²) in [5, 5.41) is 6.53. The highest BCUT2D eigenvalue weighted by Crippen LogP contribution is 2.37. The van der Waals surface area contributed by atoms with Crippen molar-refractivity contribution in [3.8, 4) is 0 Å². The number of nitrogens with zero attached hydrogens (tertiary/aromatic N) is 2. The number of anilines is 1. The fourth-order valence-corrected chi connectivity index (χ4v) is 4.18. The van der Waals surface area contributed by atoms with Crippen LogP contribution in [-0.4, -0.2) is 21.6 Å². The number of primary amides is 1. The lowest BCUT2D eigenvalue weighted by atomic mass is 9.87. The second kappa shape index (κ2) is 9.59. The molecule has 0 unspecified atom stereocenters. The van der Waals surface area contributed by atoms with Crippen molar-refractivity contribution >= 4 is 28.3 Å². The maximum absolute atomic E-state index is 14.0. The summed E-state index contributed by atoms with van der Waals surface area (Å²) in [6, 6.07) is 13.5. The normalized spacial score (nSPS) is 12.1. The molecular formula is C28H26F4N4O2. The van der Waals surface area contributed by atoms with Crippen LogP contribution in [0.1, 0.15) is 64.0 Å². The molecule has 1 heterocycles. The number of benzene rings is 3. The molecule has 4 rings (SSSR count). The van der Waals surface area contributed by atoms with E-state index in [4.69, 9.17) is 5.73 Å². The molecule has 38 heavy (non-hydrogen) atoms. The number of fused-ring (bicyclic) bond motifs is 1. The average Bonchev–Trinajstić information content (AvgIpc) is 3.13. The average molecular weight is 527 g/mol. The van der Waals surface area contributed by atoms with Gasteiger partial charge in [-0.2, -0.15) is 18.3 Å². The Labute approximate surface area is 216 Å². The molecule has 3 N–H and O–H groups in total. The van der Waals surface area contributed by atoms with Crippen molar-refractivity contribution in [1.29, 1.82) is 0 Å². The van der Waals surface area contributed by atoms with Crippen molar-refractivity contribution < 1.29 is 27.2 Å². The molecule has 6 nitrogen and oxygen atoms in total. The number of nitrogens with one attached hydrogen (secondary N) is 1. The minimum atomic E-state index is -4.85. The van der Waals surface area contributed by atoms with Crippen molar-refractivity contribution in [2.75, 3.05) is 5.32 Å². The molecule has 0 fully saturated rings. The summed E-state index contributed by atoms with van der Waals surface area (Å²) in [6.07, 6.45) is -4.85. The Balaban J connectivity index is 1.74. The Morgan fingerprint density at radius 2 is 1.66 bits per heavy atom. The largest absolute Gasteiger partial charge is 0.437 e. The molecule has 3 aromatic carbocycles. The first kappa shape index (κ1) is 26.8. The standard InChI is InChI=1S/C28H26F4N4O2/c1-15-23(34-26(38)22-13-18(25(33)37)11-17-12-20(29)9-10-21(17)22)24(28(30,31)32)35-36(15)14-16-5-7-19(8-6-16)27(2,3)4/h5-13H,14H2,1-4H3,(H2,33,37)(H,34,38). The van der Waals surface area contributed by atoms with E-state index in [-0.39, 0.29) is 39.6 Å². The van der Waals surface area contributed by atoms with Crippen LogP contribution in [0.3, 0.4) is 0 Å². The molecule has 0 radical (unpaired) electrons. The SMILES string of the molecule is Cc1c(NC(=O)c2cc(C(N)=O)cc3cc(F)ccc23)c(C(F)(F)F)nn1Cc1ccc(C(C)(C)C)cc1. The smallest absolute Gasteiger partial charge is 0.366 e. The predicted molar refractivity (Wildman–Crippen MR) is 137 cm³/mol. The number of hydrogen-bond acceptors (Lipinski definition) is 3. The number of hydrogen-bond donors (Lipinski definition) is 2. The molecule has 1 aromatic heterocycles. The van der Waals surface area contributed by atoms with Crippen LogP contribution in [0.5, 0.6) is 0 Å². The number of nitrogens with two attached hydrogens (primary N) is 1. The van der Waals surface area contributed by atoms with E-state index in [1.54, 1.807) is 0 Å². The molecule has 0 aliphatic rings. The van der Waals surface area contributed by atoms with Crippen LogP contribution in [-0.2, 0) is 18.1 Å². The van der Waals surface area contributed by atoms with Crippen LogP contribution in [0.4, 0.5) is 23.2 Å². The third-order valence-electron chi connectivity index (χ3n) is 6.31. The van der Waals surface area contributed by atoms with Gasteiger partial charge in [0.15, 0.2) is 5.69 Å². The number of carbonyl (C=O) groups excluding carboxylic acids is 2. The summed E-state index contributed by atoms with van der Waals surface area (Å²) in [5.41, 5.74) is 5.19. The van der Waals surface area contributed by atoms with Crippen LogP contribution in [0.25, 0.3) is 10.8 Å². The number of halogens is 4. The van der Waals surface area contributed by atoms with E-state index < -0.39 is 35.2 Å². The molecule has 0 atom stereocenters. The third-order valence-corrected chi connectivity index (χ3v) is 6.31. The van der Waals surface area contributed by atoms with Gasteiger partial charge in [-0.05, 0) is 58.5 Å². The molecule has 2 amide bonds. The second-order valence-corrected chi connectivity index (χ2v) is 10.1. The molecule has 4 aromatic rings. The van der Waals surface area contributed by atoms with Crippen LogP contribution >= 0.6 is 0 Å². The molecule has 10 heteroatoms. The zero-order chi connectivity index (χ0) is 28.0. The van der Waals surface area contributed by atoms with Crippen molar-refractivity contribution in [1.82, 2.24) is 9.78 Å². The molecule has 0 spiro atoms. The van der Waals surface area contributed by atoms with Gasteiger partial charge in [-0.15, -0.1) is 0 Å². The summed E-state index contributed by atoms with van der Waals surface area (Å²) in [4.78, 5) is 25.0. The van der Waals surface area contributed by atoms with Crippen LogP contribution < -0.4 is 11.1 Å². The van der Waals surface area contributed by atoms with Gasteiger partial charge in [-0.1, -0.05) is 51.1 Å². The summed E-state index contributed by atoms with van der Waals surface area (Å²) in [7, 11) is 0. The van der Waals surface area contributed by atoms with Gasteiger partial charge >= 0.3 is 6.18 Å². The molecule has 0 bridgehead atoms. The number of aromatic nitrogens is 2. The second-order valence-electron chi connectivity index (χ2n) is 10.1. The Hall–Kier alpha value is -4.21. The number of amides is 2. The molecule has 198 valence electrons. The van der Waals surface area contributed by atoms with Crippen LogP contribution in [0.2, 0.25) is 0 Å². The number of carbonyl (C=O) groups is 2. The van der Waals surface area contributed by atoms with E-state index in [1.807, 2.05) is 24.3 Å². The maximum Gasteiger partial charge on any atom is 0.437 e. The lowest BCUT2D eigenvalue weighted by molar-refractivity contribution is -0.140. The van der Waals surface area contributed by atoms with E-state index in [2.05, 4.69) is 31.2 Å². The Morgan fingerprint density at radius 3 is 2.24 bits per heavy atom. The summed E-state index contributed by atoms with van der Waals surface area (Å²) in [6.45, 7) is 7.65. The third kappa shape index (κ3) is 5.39. The Morgan fingerprint density at radius 1 is 1.00 bits per heavy atom. The summed E-state index contributed by atoms with van der Waals surface area (Å²) >= 11 is 0. The Bertz CT molecular complexity index is 1550. The molecular weight excluding hydrogens is 500 g/mol. The van der Waals surface area contributed by atoms with Crippen molar-refractivity contribution in [3.63, 3.8) is 0 Å². The minimum Gasteiger partial charge on any atom is -0.366 e. The van der Waals surface area contributed by atoms with Gasteiger partial charge in [-0.3, -0.25) is 14.3 Å². The first-order chi connectivity index (χ1) is 17.6. The topological polar surface area (TPSA) is 90.0 Å². The van der Waals surface area contributed by atoms with Crippen molar-refractivity contribution in [2.24, 2.45) is 5.73 Å². The minimum absolute atomic E-state index is 0.0502. The number of rotatable bonds is 5. The van der Waals surface area contributed by atoms with E-state index in [9.17, 15) is 27.2 Å². The molecule has 0 saturated heterocycles. The summed E-state index contributed by atoms with van der Waals surface area (Å²) in [5.74, 6) is -2.41. The predicted octanol–water partition coefficient (Wildman–Crippen LogP) is 6.20. The number of alkyl halides is 3. The van der Waals surface area contributed by atoms with Gasteiger partial charge in [0.2, 0.25) is 5.91 Å². The van der Waals surface area contributed by atoms with E-state index in [0.29, 0.717) is 0 Å². The van der Waals surface area contributed by atoms with E-state index >= 15 is 0 Å². The van der Waals surface area contributed by atoms with Crippen LogP contribution in [0.15, 0.2) is 54.6 Å². The summed E-state index contributed by atoms with van der Waals surface area (Å²) < 4.78 is 56.8. The molecule has 0 saturated carbocycles. The Kier molecular flexibility index (Phi) is 6.77. The van der Waals surface area contributed by atoms with Crippen molar-refractivity contribution in [3.05, 3.63) is 94.1 Å². The van der Waals surface area contributed by atoms with Gasteiger partial charge < -0.3 is 11.1 Å². The fourth-order valence-electron chi connectivity index (χ4n) is 4.18. The zero-order valence-electron chi connectivity index (χ0n) is 21.2. The van der Waals surface area contributed by atoms with Crippen LogP contribution in [0, 0.1) is 12.7 Å². The monoisotopic (exact) mass is 526 g/mol.